The molecule has 0 rings (SSSR count). The summed E-state index contributed by atoms with van der Waals surface area (Å²) in [6, 6.07) is 0. The van der Waals surface area contributed by atoms with Gasteiger partial charge in [-0.15, -0.1) is 0 Å². The van der Waals surface area contributed by atoms with Gasteiger partial charge in [-0.3, -0.25) is 0 Å². The van der Waals surface area contributed by atoms with Crippen LogP contribution >= 0.6 is 0 Å². The van der Waals surface area contributed by atoms with Crippen LogP contribution in [0.5, 0.6) is 0 Å². The summed E-state index contributed by atoms with van der Waals surface area (Å²) in [5, 5.41) is 2.50. The zero-order valence-corrected chi connectivity index (χ0v) is 19.1. The van der Waals surface area contributed by atoms with Crippen LogP contribution < -0.4 is 0 Å². The second-order valence-corrected chi connectivity index (χ2v) is 13.9. The third-order valence-corrected chi connectivity index (χ3v) is 9.63. The van der Waals surface area contributed by atoms with Gasteiger partial charge in [0.25, 0.3) is 0 Å². The van der Waals surface area contributed by atoms with Crippen molar-refractivity contribution in [3.8, 4) is 0 Å². The van der Waals surface area contributed by atoms with E-state index in [2.05, 4.69) is 38.3 Å². The van der Waals surface area contributed by atoms with Crippen molar-refractivity contribution >= 4 is 26.6 Å². The molecule has 2 radical (unpaired) electrons. The fourth-order valence-electron chi connectivity index (χ4n) is 2.34. The van der Waals surface area contributed by atoms with Crippen LogP contribution in [0.4, 0.5) is 0 Å². The molecule has 134 valence electrons. The molecule has 0 amide bonds. The van der Waals surface area contributed by atoms with Crippen LogP contribution in [-0.2, 0) is 17.7 Å². The van der Waals surface area contributed by atoms with Crippen molar-refractivity contribution in [1.29, 1.82) is 0 Å². The molecule has 0 aromatic heterocycles. The third-order valence-electron chi connectivity index (χ3n) is 2.92. The fraction of sp³-hybridized carbons (Fsp3) is 0.750. The van der Waals surface area contributed by atoms with Crippen molar-refractivity contribution in [3.63, 3.8) is 0 Å². The second kappa shape index (κ2) is 12.3. The van der Waals surface area contributed by atoms with E-state index in [1.54, 1.807) is 0 Å². The topological polar surface area (TPSA) is 36.9 Å². The number of hydrogen-bond acceptors (Lipinski definition) is 4. The normalized spacial score (nSPS) is 14.2. The monoisotopic (exact) mass is 374 g/mol. The molecule has 0 unspecified atom stereocenters. The largest absolute Gasteiger partial charge is 0.418 e. The Morgan fingerprint density at radius 3 is 1.17 bits per heavy atom. The van der Waals surface area contributed by atoms with Gasteiger partial charge in [0.2, 0.25) is 0 Å². The Bertz CT molecular complexity index is 338. The third kappa shape index (κ3) is 9.76. The van der Waals surface area contributed by atoms with Gasteiger partial charge in [-0.1, -0.05) is 24.5 Å². The summed E-state index contributed by atoms with van der Waals surface area (Å²) >= 11 is 0. The lowest BCUT2D eigenvalue weighted by molar-refractivity contribution is 0.221. The van der Waals surface area contributed by atoms with Crippen molar-refractivity contribution in [3.05, 3.63) is 21.8 Å². The quantitative estimate of drug-likeness (QED) is 0.486. The van der Waals surface area contributed by atoms with Crippen LogP contribution in [0.2, 0.25) is 13.1 Å². The van der Waals surface area contributed by atoms with Crippen LogP contribution in [0, 0.1) is 0 Å². The zero-order chi connectivity index (χ0) is 17.9. The van der Waals surface area contributed by atoms with Crippen molar-refractivity contribution in [2.24, 2.45) is 0 Å². The van der Waals surface area contributed by atoms with Crippen molar-refractivity contribution in [2.75, 3.05) is 26.4 Å². The van der Waals surface area contributed by atoms with E-state index >= 15 is 0 Å². The lowest BCUT2D eigenvalue weighted by Crippen LogP contribution is -2.31. The van der Waals surface area contributed by atoms with Gasteiger partial charge in [0.05, 0.1) is 8.07 Å². The highest BCUT2D eigenvalue weighted by Gasteiger charge is 2.25. The Labute approximate surface area is 147 Å². The first kappa shape index (κ1) is 23.0. The summed E-state index contributed by atoms with van der Waals surface area (Å²) in [6.07, 6.45) is 0. The van der Waals surface area contributed by atoms with E-state index in [1.807, 2.05) is 27.7 Å². The Kier molecular flexibility index (Phi) is 12.3. The lowest BCUT2D eigenvalue weighted by atomic mass is 10.7. The molecule has 0 saturated carbocycles. The van der Waals surface area contributed by atoms with Gasteiger partial charge in [-0.25, -0.2) is 0 Å². The van der Waals surface area contributed by atoms with E-state index in [1.165, 1.54) is 10.4 Å². The molecular weight excluding hydrogens is 340 g/mol. The summed E-state index contributed by atoms with van der Waals surface area (Å²) in [6.45, 7) is 19.8. The van der Waals surface area contributed by atoms with Gasteiger partial charge in [0.1, 0.15) is 0 Å². The maximum atomic E-state index is 5.79. The second-order valence-electron chi connectivity index (χ2n) is 5.78. The highest BCUT2D eigenvalue weighted by atomic mass is 28.3. The first-order chi connectivity index (χ1) is 10.8. The maximum Gasteiger partial charge on any atom is 0.418 e. The van der Waals surface area contributed by atoms with Crippen molar-refractivity contribution < 1.29 is 17.7 Å². The molecule has 0 aromatic carbocycles. The maximum absolute atomic E-state index is 5.79. The van der Waals surface area contributed by atoms with E-state index < -0.39 is 26.6 Å². The summed E-state index contributed by atoms with van der Waals surface area (Å²) in [4.78, 5) is 0. The molecule has 7 heteroatoms. The number of rotatable bonds is 12. The SMILES string of the molecule is CCO[Si](OCC)C(C)=C[Si](C)(C)C=C(C)[Si](OCC)OCC. The van der Waals surface area contributed by atoms with E-state index in [9.17, 15) is 0 Å². The highest BCUT2D eigenvalue weighted by molar-refractivity contribution is 6.88. The van der Waals surface area contributed by atoms with Crippen molar-refractivity contribution in [2.45, 2.75) is 54.6 Å². The average molecular weight is 375 g/mol. The molecule has 0 spiro atoms. The van der Waals surface area contributed by atoms with Crippen molar-refractivity contribution in [1.82, 2.24) is 0 Å². The van der Waals surface area contributed by atoms with Crippen LogP contribution in [-0.4, -0.2) is 53.1 Å². The van der Waals surface area contributed by atoms with Gasteiger partial charge in [-0.05, 0) is 51.9 Å². The fourth-order valence-corrected chi connectivity index (χ4v) is 9.95. The minimum absolute atomic E-state index is 0.693. The summed E-state index contributed by atoms with van der Waals surface area (Å²) in [5.74, 6) is 0. The molecule has 0 heterocycles. The molecular formula is C16H34O4Si3. The van der Waals surface area contributed by atoms with Gasteiger partial charge in [-0.2, -0.15) is 0 Å². The molecule has 0 bridgehead atoms. The Morgan fingerprint density at radius 2 is 0.957 bits per heavy atom. The molecule has 0 N–H and O–H groups in total. The smallest absolute Gasteiger partial charge is 0.390 e. The van der Waals surface area contributed by atoms with E-state index in [-0.39, 0.29) is 0 Å². The summed E-state index contributed by atoms with van der Waals surface area (Å²) < 4.78 is 23.2. The molecule has 0 aliphatic carbocycles. The average Bonchev–Trinajstić information content (AvgIpc) is 2.45. The first-order valence-corrected chi connectivity index (χ1v) is 14.2. The summed E-state index contributed by atoms with van der Waals surface area (Å²) in [7, 11) is -4.30. The minimum atomic E-state index is -1.66. The Hall–Kier alpha value is -0.0294. The summed E-state index contributed by atoms with van der Waals surface area (Å²) in [5.41, 5.74) is 4.76. The highest BCUT2D eigenvalue weighted by Crippen LogP contribution is 2.16. The van der Waals surface area contributed by atoms with Gasteiger partial charge >= 0.3 is 18.6 Å². The molecule has 0 aliphatic rings. The molecule has 0 aromatic rings. The van der Waals surface area contributed by atoms with E-state index in [4.69, 9.17) is 17.7 Å². The predicted molar refractivity (Wildman–Crippen MR) is 103 cm³/mol. The molecule has 0 aliphatic heterocycles. The first-order valence-electron chi connectivity index (χ1n) is 8.45. The molecule has 23 heavy (non-hydrogen) atoms. The Morgan fingerprint density at radius 1 is 0.696 bits per heavy atom. The number of allylic oxidation sites excluding steroid dienone is 2. The van der Waals surface area contributed by atoms with Crippen LogP contribution in [0.1, 0.15) is 41.5 Å². The van der Waals surface area contributed by atoms with Gasteiger partial charge in [0, 0.05) is 26.4 Å². The van der Waals surface area contributed by atoms with Crippen LogP contribution in [0.3, 0.4) is 0 Å². The zero-order valence-electron chi connectivity index (χ0n) is 16.1. The van der Waals surface area contributed by atoms with E-state index in [0.29, 0.717) is 26.4 Å². The van der Waals surface area contributed by atoms with Gasteiger partial charge < -0.3 is 17.7 Å². The van der Waals surface area contributed by atoms with Crippen LogP contribution in [0.15, 0.2) is 21.8 Å². The molecule has 0 saturated heterocycles. The van der Waals surface area contributed by atoms with Gasteiger partial charge in [0.15, 0.2) is 0 Å². The Balaban J connectivity index is 5.19. The standard InChI is InChI=1S/C16H34O4Si3/c1-9-17-21(18-10-2)15(5)13-23(7,8)14-16(6)22(19-11-3)20-12-4/h13-14H,9-12H2,1-8H3. The molecule has 0 atom stereocenters. The van der Waals surface area contributed by atoms with E-state index in [0.717, 1.165) is 0 Å². The predicted octanol–water partition coefficient (Wildman–Crippen LogP) is 3.87. The minimum Gasteiger partial charge on any atom is -0.390 e. The lowest BCUT2D eigenvalue weighted by Gasteiger charge is -2.21. The van der Waals surface area contributed by atoms with Crippen LogP contribution in [0.25, 0.3) is 0 Å². The number of hydrogen-bond donors (Lipinski definition) is 0. The molecule has 4 nitrogen and oxygen atoms in total. The molecule has 0 fully saturated rings.